The van der Waals surface area contributed by atoms with E-state index in [1.165, 1.54) is 0 Å². The molecule has 0 N–H and O–H groups in total. The molecule has 0 aliphatic heterocycles. The first-order valence-electron chi connectivity index (χ1n) is 6.33. The zero-order valence-electron chi connectivity index (χ0n) is 11.7. The van der Waals surface area contributed by atoms with Gasteiger partial charge in [-0.2, -0.15) is 0 Å². The van der Waals surface area contributed by atoms with E-state index in [4.69, 9.17) is 0 Å². The molecule has 0 bridgehead atoms. The van der Waals surface area contributed by atoms with Crippen molar-refractivity contribution in [1.82, 2.24) is 0 Å². The van der Waals surface area contributed by atoms with Crippen molar-refractivity contribution >= 4 is 11.5 Å². The van der Waals surface area contributed by atoms with Crippen molar-refractivity contribution in [3.05, 3.63) is 65.0 Å². The second kappa shape index (κ2) is 5.99. The molecule has 0 atom stereocenters. The van der Waals surface area contributed by atoms with Gasteiger partial charge in [-0.25, -0.2) is 13.2 Å². The quantitative estimate of drug-likeness (QED) is 0.634. The molecule has 2 rings (SSSR count). The molecule has 2 aromatic rings. The minimum atomic E-state index is -1.55. The van der Waals surface area contributed by atoms with Crippen molar-refractivity contribution in [2.45, 2.75) is 6.42 Å². The van der Waals surface area contributed by atoms with Crippen molar-refractivity contribution in [3.63, 3.8) is 0 Å². The van der Waals surface area contributed by atoms with Crippen LogP contribution in [-0.2, 0) is 6.42 Å². The number of hydrogen-bond acceptors (Lipinski definition) is 2. The molecule has 2 nitrogen and oxygen atoms in total. The van der Waals surface area contributed by atoms with E-state index in [0.29, 0.717) is 5.56 Å². The van der Waals surface area contributed by atoms with Gasteiger partial charge in [0.2, 0.25) is 0 Å². The smallest absolute Gasteiger partial charge is 0.194 e. The number of Topliss-reactive ketones (excluding diaryl/α,β-unsaturated/α-hetero) is 1. The lowest BCUT2D eigenvalue weighted by Crippen LogP contribution is -2.11. The van der Waals surface area contributed by atoms with E-state index < -0.39 is 17.5 Å². The molecule has 0 heterocycles. The van der Waals surface area contributed by atoms with Crippen LogP contribution in [0.25, 0.3) is 0 Å². The second-order valence-corrected chi connectivity index (χ2v) is 4.88. The minimum Gasteiger partial charge on any atom is -0.378 e. The highest BCUT2D eigenvalue weighted by atomic mass is 19.2. The number of hydrogen-bond donors (Lipinski definition) is 0. The van der Waals surface area contributed by atoms with Crippen LogP contribution in [0.15, 0.2) is 36.4 Å². The van der Waals surface area contributed by atoms with Crippen molar-refractivity contribution < 1.29 is 18.0 Å². The molecule has 0 saturated heterocycles. The fraction of sp³-hybridized carbons (Fsp3) is 0.188. The highest BCUT2D eigenvalue weighted by molar-refractivity contribution is 5.98. The average Bonchev–Trinajstić information content (AvgIpc) is 2.48. The molecule has 0 aromatic heterocycles. The predicted molar refractivity (Wildman–Crippen MR) is 75.1 cm³/mol. The summed E-state index contributed by atoms with van der Waals surface area (Å²) in [4.78, 5) is 14.0. The zero-order chi connectivity index (χ0) is 15.6. The number of rotatable bonds is 4. The maximum atomic E-state index is 13.6. The van der Waals surface area contributed by atoms with Crippen molar-refractivity contribution in [2.75, 3.05) is 19.0 Å². The number of benzene rings is 2. The van der Waals surface area contributed by atoms with Gasteiger partial charge in [-0.3, -0.25) is 4.79 Å². The Morgan fingerprint density at radius 3 is 2.43 bits per heavy atom. The fourth-order valence-corrected chi connectivity index (χ4v) is 1.93. The van der Waals surface area contributed by atoms with E-state index in [2.05, 4.69) is 0 Å². The van der Waals surface area contributed by atoms with Crippen LogP contribution in [0.2, 0.25) is 0 Å². The third-order valence-electron chi connectivity index (χ3n) is 3.15. The largest absolute Gasteiger partial charge is 0.378 e. The monoisotopic (exact) mass is 293 g/mol. The zero-order valence-corrected chi connectivity index (χ0v) is 11.7. The van der Waals surface area contributed by atoms with Crippen LogP contribution in [0, 0.1) is 17.5 Å². The molecule has 0 fully saturated rings. The van der Waals surface area contributed by atoms with Gasteiger partial charge in [0.05, 0.1) is 0 Å². The van der Waals surface area contributed by atoms with Crippen LogP contribution >= 0.6 is 0 Å². The van der Waals surface area contributed by atoms with Gasteiger partial charge in [0, 0.05) is 31.8 Å². The molecule has 0 amide bonds. The van der Waals surface area contributed by atoms with Crippen LogP contribution < -0.4 is 4.90 Å². The maximum Gasteiger partial charge on any atom is 0.194 e. The Morgan fingerprint density at radius 1 is 1.05 bits per heavy atom. The third kappa shape index (κ3) is 3.24. The SMILES string of the molecule is CN(C)c1cccc(C(=O)Cc2ccc(F)c(F)c2F)c1. The first-order chi connectivity index (χ1) is 9.90. The highest BCUT2D eigenvalue weighted by Crippen LogP contribution is 2.19. The average molecular weight is 293 g/mol. The van der Waals surface area contributed by atoms with Gasteiger partial charge in [-0.1, -0.05) is 18.2 Å². The maximum absolute atomic E-state index is 13.6. The fourth-order valence-electron chi connectivity index (χ4n) is 1.93. The van der Waals surface area contributed by atoms with Gasteiger partial charge in [0.1, 0.15) is 0 Å². The summed E-state index contributed by atoms with van der Waals surface area (Å²) >= 11 is 0. The normalized spacial score (nSPS) is 10.5. The summed E-state index contributed by atoms with van der Waals surface area (Å²) in [6, 6.07) is 8.71. The lowest BCUT2D eigenvalue weighted by atomic mass is 10.0. The number of anilines is 1. The van der Waals surface area contributed by atoms with E-state index in [1.807, 2.05) is 25.1 Å². The lowest BCUT2D eigenvalue weighted by Gasteiger charge is -2.13. The summed E-state index contributed by atoms with van der Waals surface area (Å²) in [5.74, 6) is -4.49. The first kappa shape index (κ1) is 15.1. The van der Waals surface area contributed by atoms with Crippen LogP contribution in [0.4, 0.5) is 18.9 Å². The Labute approximate surface area is 120 Å². The Kier molecular flexibility index (Phi) is 4.31. The molecule has 110 valence electrons. The van der Waals surface area contributed by atoms with Gasteiger partial charge in [-0.05, 0) is 23.8 Å². The molecular formula is C16H14F3NO. The summed E-state index contributed by atoms with van der Waals surface area (Å²) in [6.45, 7) is 0. The number of halogens is 3. The summed E-state index contributed by atoms with van der Waals surface area (Å²) in [6.07, 6.45) is -0.320. The van der Waals surface area contributed by atoms with Gasteiger partial charge in [-0.15, -0.1) is 0 Å². The summed E-state index contributed by atoms with van der Waals surface area (Å²) in [5, 5.41) is 0. The highest BCUT2D eigenvalue weighted by Gasteiger charge is 2.16. The standard InChI is InChI=1S/C16H14F3NO/c1-20(2)12-5-3-4-10(8-12)14(21)9-11-6-7-13(17)16(19)15(11)18/h3-8H,9H2,1-2H3. The van der Waals surface area contributed by atoms with Crippen LogP contribution in [-0.4, -0.2) is 19.9 Å². The summed E-state index contributed by atoms with van der Waals surface area (Å²) in [5.41, 5.74) is 1.06. The van der Waals surface area contributed by atoms with Crippen molar-refractivity contribution in [2.24, 2.45) is 0 Å². The van der Waals surface area contributed by atoms with Gasteiger partial charge in [0.15, 0.2) is 23.2 Å². The van der Waals surface area contributed by atoms with Gasteiger partial charge >= 0.3 is 0 Å². The predicted octanol–water partition coefficient (Wildman–Crippen LogP) is 3.60. The summed E-state index contributed by atoms with van der Waals surface area (Å²) in [7, 11) is 3.66. The van der Waals surface area contributed by atoms with Crippen LogP contribution in [0.3, 0.4) is 0 Å². The minimum absolute atomic E-state index is 0.158. The lowest BCUT2D eigenvalue weighted by molar-refractivity contribution is 0.0991. The van der Waals surface area contributed by atoms with E-state index in [1.54, 1.807) is 18.2 Å². The van der Waals surface area contributed by atoms with E-state index in [0.717, 1.165) is 17.8 Å². The molecule has 0 spiro atoms. The number of ketones is 1. The van der Waals surface area contributed by atoms with Crippen molar-refractivity contribution in [1.29, 1.82) is 0 Å². The topological polar surface area (TPSA) is 20.3 Å². The second-order valence-electron chi connectivity index (χ2n) is 4.88. The number of carbonyl (C=O) groups excluding carboxylic acids is 1. The molecule has 0 unspecified atom stereocenters. The molecule has 0 aliphatic rings. The molecule has 5 heteroatoms. The molecule has 2 aromatic carbocycles. The van der Waals surface area contributed by atoms with Crippen LogP contribution in [0.1, 0.15) is 15.9 Å². The van der Waals surface area contributed by atoms with Crippen LogP contribution in [0.5, 0.6) is 0 Å². The number of nitrogens with zero attached hydrogens (tertiary/aromatic N) is 1. The van der Waals surface area contributed by atoms with E-state index in [9.17, 15) is 18.0 Å². The Balaban J connectivity index is 2.26. The molecule has 21 heavy (non-hydrogen) atoms. The van der Waals surface area contributed by atoms with E-state index >= 15 is 0 Å². The number of carbonyl (C=O) groups is 1. The molecular weight excluding hydrogens is 279 g/mol. The first-order valence-corrected chi connectivity index (χ1v) is 6.33. The third-order valence-corrected chi connectivity index (χ3v) is 3.15. The van der Waals surface area contributed by atoms with Crippen molar-refractivity contribution in [3.8, 4) is 0 Å². The Bertz CT molecular complexity index is 683. The van der Waals surface area contributed by atoms with Gasteiger partial charge in [0.25, 0.3) is 0 Å². The molecule has 0 radical (unpaired) electrons. The van der Waals surface area contributed by atoms with Gasteiger partial charge < -0.3 is 4.90 Å². The Hall–Kier alpha value is -2.30. The summed E-state index contributed by atoms with van der Waals surface area (Å²) < 4.78 is 39.6. The molecule has 0 aliphatic carbocycles. The molecule has 0 saturated carbocycles. The Morgan fingerprint density at radius 2 is 1.76 bits per heavy atom. The van der Waals surface area contributed by atoms with E-state index in [-0.39, 0.29) is 17.8 Å².